The van der Waals surface area contributed by atoms with Crippen LogP contribution in [0.4, 0.5) is 0 Å². The molecule has 0 saturated heterocycles. The molecular formula is C10H18N2S. The maximum Gasteiger partial charge on any atom is 0.0580 e. The lowest BCUT2D eigenvalue weighted by molar-refractivity contribution is 0.693. The van der Waals surface area contributed by atoms with Crippen molar-refractivity contribution in [1.82, 2.24) is 10.6 Å². The Labute approximate surface area is 86.6 Å². The van der Waals surface area contributed by atoms with Crippen molar-refractivity contribution in [3.05, 3.63) is 12.7 Å². The molecule has 2 nitrogen and oxygen atoms in total. The molecule has 0 heterocycles. The molecular weight excluding hydrogens is 180 g/mol. The Kier molecular flexibility index (Phi) is 9.34. The average Bonchev–Trinajstić information content (AvgIpc) is 2.16. The standard InChI is InChI=1S/C10H18N2S/c1-3-10(2)12-8-6-4-5-7-11-9-13/h3,10-13H,1,5,7-9H2,2H3. The van der Waals surface area contributed by atoms with Crippen LogP contribution in [0.3, 0.4) is 0 Å². The molecule has 0 aromatic heterocycles. The molecule has 0 bridgehead atoms. The lowest BCUT2D eigenvalue weighted by Crippen LogP contribution is -2.23. The molecule has 0 rings (SSSR count). The maximum atomic E-state index is 4.02. The summed E-state index contributed by atoms with van der Waals surface area (Å²) in [7, 11) is 0. The van der Waals surface area contributed by atoms with E-state index in [0.717, 1.165) is 19.5 Å². The summed E-state index contributed by atoms with van der Waals surface area (Å²) in [5.41, 5.74) is 0. The van der Waals surface area contributed by atoms with Crippen LogP contribution in [0, 0.1) is 11.8 Å². The molecule has 0 aliphatic heterocycles. The first-order chi connectivity index (χ1) is 6.31. The predicted molar refractivity (Wildman–Crippen MR) is 61.9 cm³/mol. The van der Waals surface area contributed by atoms with Gasteiger partial charge in [-0.15, -0.1) is 12.5 Å². The van der Waals surface area contributed by atoms with Gasteiger partial charge in [0.25, 0.3) is 0 Å². The first kappa shape index (κ1) is 12.6. The second-order valence-electron chi connectivity index (χ2n) is 2.67. The van der Waals surface area contributed by atoms with Crippen molar-refractivity contribution >= 4 is 12.6 Å². The normalized spacial score (nSPS) is 11.5. The van der Waals surface area contributed by atoms with Gasteiger partial charge in [-0.2, -0.15) is 12.6 Å². The Balaban J connectivity index is 3.24. The van der Waals surface area contributed by atoms with E-state index in [1.165, 1.54) is 0 Å². The first-order valence-electron chi connectivity index (χ1n) is 4.44. The minimum Gasteiger partial charge on any atom is -0.307 e. The summed E-state index contributed by atoms with van der Waals surface area (Å²) in [4.78, 5) is 0. The number of hydrogen-bond donors (Lipinski definition) is 3. The molecule has 0 amide bonds. The van der Waals surface area contributed by atoms with Gasteiger partial charge >= 0.3 is 0 Å². The minimum absolute atomic E-state index is 0.338. The van der Waals surface area contributed by atoms with Crippen LogP contribution in [0.1, 0.15) is 13.3 Å². The van der Waals surface area contributed by atoms with E-state index >= 15 is 0 Å². The van der Waals surface area contributed by atoms with Gasteiger partial charge < -0.3 is 10.6 Å². The quantitative estimate of drug-likeness (QED) is 0.195. The van der Waals surface area contributed by atoms with E-state index < -0.39 is 0 Å². The van der Waals surface area contributed by atoms with E-state index in [9.17, 15) is 0 Å². The van der Waals surface area contributed by atoms with Gasteiger partial charge in [0, 0.05) is 24.9 Å². The van der Waals surface area contributed by atoms with E-state index in [4.69, 9.17) is 0 Å². The highest BCUT2D eigenvalue weighted by Crippen LogP contribution is 1.78. The summed E-state index contributed by atoms with van der Waals surface area (Å²) in [6.07, 6.45) is 2.74. The second-order valence-corrected chi connectivity index (χ2v) is 2.98. The maximum absolute atomic E-state index is 4.02. The van der Waals surface area contributed by atoms with Crippen LogP contribution >= 0.6 is 12.6 Å². The van der Waals surface area contributed by atoms with Gasteiger partial charge in [0.15, 0.2) is 0 Å². The van der Waals surface area contributed by atoms with Crippen molar-refractivity contribution in [1.29, 1.82) is 0 Å². The van der Waals surface area contributed by atoms with Gasteiger partial charge in [-0.05, 0) is 6.92 Å². The summed E-state index contributed by atoms with van der Waals surface area (Å²) in [5, 5.41) is 6.28. The largest absolute Gasteiger partial charge is 0.307 e. The Bertz CT molecular complexity index is 181. The third-order valence-electron chi connectivity index (χ3n) is 1.53. The number of rotatable bonds is 6. The molecule has 0 aromatic rings. The lowest BCUT2D eigenvalue weighted by atomic mass is 10.3. The van der Waals surface area contributed by atoms with Crippen LogP contribution < -0.4 is 10.6 Å². The van der Waals surface area contributed by atoms with Crippen molar-refractivity contribution in [3.8, 4) is 11.8 Å². The molecule has 0 fully saturated rings. The Hall–Kier alpha value is -0.430. The molecule has 0 spiro atoms. The Morgan fingerprint density at radius 1 is 1.54 bits per heavy atom. The van der Waals surface area contributed by atoms with E-state index in [1.807, 2.05) is 6.08 Å². The second kappa shape index (κ2) is 9.66. The fourth-order valence-electron chi connectivity index (χ4n) is 0.676. The SMILES string of the molecule is C=CC(C)NCC#CCCNCS. The van der Waals surface area contributed by atoms with E-state index in [-0.39, 0.29) is 0 Å². The fraction of sp³-hybridized carbons (Fsp3) is 0.600. The van der Waals surface area contributed by atoms with Crippen molar-refractivity contribution in [3.63, 3.8) is 0 Å². The minimum atomic E-state index is 0.338. The third-order valence-corrected chi connectivity index (χ3v) is 1.75. The smallest absolute Gasteiger partial charge is 0.0580 e. The molecule has 1 atom stereocenters. The molecule has 0 radical (unpaired) electrons. The van der Waals surface area contributed by atoms with E-state index in [2.05, 4.69) is 48.6 Å². The Morgan fingerprint density at radius 2 is 2.31 bits per heavy atom. The van der Waals surface area contributed by atoms with Gasteiger partial charge in [0.2, 0.25) is 0 Å². The van der Waals surface area contributed by atoms with Gasteiger partial charge in [-0.1, -0.05) is 12.0 Å². The van der Waals surface area contributed by atoms with E-state index in [0.29, 0.717) is 11.9 Å². The molecule has 13 heavy (non-hydrogen) atoms. The van der Waals surface area contributed by atoms with Crippen molar-refractivity contribution in [2.24, 2.45) is 0 Å². The number of thiol groups is 1. The lowest BCUT2D eigenvalue weighted by Gasteiger charge is -2.03. The molecule has 0 saturated carbocycles. The topological polar surface area (TPSA) is 24.1 Å². The van der Waals surface area contributed by atoms with E-state index in [1.54, 1.807) is 0 Å². The van der Waals surface area contributed by atoms with Crippen LogP contribution in [-0.4, -0.2) is 25.0 Å². The highest BCUT2D eigenvalue weighted by Gasteiger charge is 1.88. The van der Waals surface area contributed by atoms with Crippen molar-refractivity contribution in [2.75, 3.05) is 19.0 Å². The summed E-state index contributed by atoms with van der Waals surface area (Å²) in [6, 6.07) is 0.338. The molecule has 1 unspecified atom stereocenters. The molecule has 74 valence electrons. The zero-order valence-electron chi connectivity index (χ0n) is 8.14. The summed E-state index contributed by atoms with van der Waals surface area (Å²) < 4.78 is 0. The molecule has 3 heteroatoms. The van der Waals surface area contributed by atoms with Gasteiger partial charge in [-0.25, -0.2) is 0 Å². The van der Waals surface area contributed by atoms with Crippen molar-refractivity contribution in [2.45, 2.75) is 19.4 Å². The number of hydrogen-bond acceptors (Lipinski definition) is 3. The van der Waals surface area contributed by atoms with Crippen LogP contribution in [-0.2, 0) is 0 Å². The van der Waals surface area contributed by atoms with Crippen LogP contribution in [0.15, 0.2) is 12.7 Å². The monoisotopic (exact) mass is 198 g/mol. The summed E-state index contributed by atoms with van der Waals surface area (Å²) in [5.74, 6) is 6.81. The Morgan fingerprint density at radius 3 is 2.92 bits per heavy atom. The van der Waals surface area contributed by atoms with Crippen LogP contribution in [0.25, 0.3) is 0 Å². The summed E-state index contributed by atoms with van der Waals surface area (Å²) >= 11 is 4.02. The van der Waals surface area contributed by atoms with Crippen LogP contribution in [0.5, 0.6) is 0 Å². The molecule has 0 aromatic carbocycles. The van der Waals surface area contributed by atoms with Crippen molar-refractivity contribution < 1.29 is 0 Å². The van der Waals surface area contributed by atoms with Crippen LogP contribution in [0.2, 0.25) is 0 Å². The fourth-order valence-corrected chi connectivity index (χ4v) is 0.834. The zero-order chi connectivity index (χ0) is 9.94. The molecule has 0 aliphatic rings. The number of nitrogens with one attached hydrogen (secondary N) is 2. The molecule has 2 N–H and O–H groups in total. The highest BCUT2D eigenvalue weighted by molar-refractivity contribution is 7.80. The summed E-state index contributed by atoms with van der Waals surface area (Å²) in [6.45, 7) is 7.36. The van der Waals surface area contributed by atoms with Gasteiger partial charge in [0.1, 0.15) is 0 Å². The van der Waals surface area contributed by atoms with Gasteiger partial charge in [0.05, 0.1) is 6.54 Å². The highest BCUT2D eigenvalue weighted by atomic mass is 32.1. The molecule has 0 aliphatic carbocycles. The third kappa shape index (κ3) is 9.48. The first-order valence-corrected chi connectivity index (χ1v) is 5.07. The average molecular weight is 198 g/mol. The zero-order valence-corrected chi connectivity index (χ0v) is 9.03. The van der Waals surface area contributed by atoms with Gasteiger partial charge in [-0.3, -0.25) is 0 Å². The predicted octanol–water partition coefficient (Wildman–Crippen LogP) is 1.02.